The first-order valence-corrected chi connectivity index (χ1v) is 6.64. The van der Waals surface area contributed by atoms with Crippen molar-refractivity contribution in [2.24, 2.45) is 4.99 Å². The van der Waals surface area contributed by atoms with Gasteiger partial charge in [-0.15, -0.1) is 0 Å². The van der Waals surface area contributed by atoms with Crippen molar-refractivity contribution in [1.82, 2.24) is 10.2 Å². The van der Waals surface area contributed by atoms with E-state index < -0.39 is 0 Å². The Morgan fingerprint density at radius 1 is 1.41 bits per heavy atom. The van der Waals surface area contributed by atoms with E-state index in [-0.39, 0.29) is 5.82 Å². The first kappa shape index (κ1) is 12.5. The minimum Gasteiger partial charge on any atom is -0.352 e. The van der Waals surface area contributed by atoms with Gasteiger partial charge in [-0.25, -0.2) is 9.38 Å². The molecule has 1 aromatic carbocycles. The minimum absolute atomic E-state index is 0.190. The Hall–Kier alpha value is -1.01. The molecule has 0 aliphatic carbocycles. The van der Waals surface area contributed by atoms with Crippen molar-refractivity contribution in [2.75, 3.05) is 19.0 Å². The highest BCUT2D eigenvalue weighted by Gasteiger charge is 2.11. The minimum atomic E-state index is -0.190. The van der Waals surface area contributed by atoms with Crippen LogP contribution in [0.25, 0.3) is 0 Å². The van der Waals surface area contributed by atoms with Gasteiger partial charge in [0.1, 0.15) is 13.7 Å². The van der Waals surface area contributed by atoms with Gasteiger partial charge in [0.2, 0.25) is 0 Å². The summed E-state index contributed by atoms with van der Waals surface area (Å²) in [6, 6.07) is 6.62. The van der Waals surface area contributed by atoms with E-state index in [1.54, 1.807) is 11.8 Å². The van der Waals surface area contributed by atoms with Crippen LogP contribution in [0.1, 0.15) is 5.56 Å². The average Bonchev–Trinajstić information content (AvgIpc) is 2.35. The molecule has 3 nitrogen and oxygen atoms in total. The van der Waals surface area contributed by atoms with Crippen molar-refractivity contribution >= 4 is 24.8 Å². The van der Waals surface area contributed by atoms with Crippen molar-refractivity contribution in [3.8, 4) is 0 Å². The third-order valence-electron chi connectivity index (χ3n) is 2.47. The zero-order valence-electron chi connectivity index (χ0n) is 9.82. The maximum Gasteiger partial charge on any atom is 0.158 e. The molecule has 0 saturated heterocycles. The lowest BCUT2D eigenvalue weighted by Gasteiger charge is -2.26. The Balaban J connectivity index is 1.87. The molecule has 90 valence electrons. The van der Waals surface area contributed by atoms with Crippen LogP contribution in [0.15, 0.2) is 29.3 Å². The third kappa shape index (κ3) is 3.75. The molecule has 0 saturated carbocycles. The summed E-state index contributed by atoms with van der Waals surface area (Å²) in [5, 5.41) is 4.28. The molecule has 1 aliphatic heterocycles. The molecule has 0 fully saturated rings. The molecule has 6 heteroatoms. The van der Waals surface area contributed by atoms with E-state index in [4.69, 9.17) is 0 Å². The Bertz CT molecular complexity index is 396. The number of nitrogens with zero attached hydrogens (tertiary/aromatic N) is 2. The van der Waals surface area contributed by atoms with Crippen LogP contribution in [-0.2, 0) is 6.54 Å². The number of hydrogen-bond donors (Lipinski definition) is 1. The monoisotopic (exact) mass is 251 g/mol. The smallest absolute Gasteiger partial charge is 0.158 e. The molecular formula is C11H15BFN3S. The molecule has 0 bridgehead atoms. The second-order valence-electron chi connectivity index (χ2n) is 3.83. The molecule has 0 unspecified atom stereocenters. The molecule has 1 heterocycles. The van der Waals surface area contributed by atoms with E-state index in [0.29, 0.717) is 6.67 Å². The molecule has 2 rings (SSSR count). The fraction of sp³-hybridized carbons (Fsp3) is 0.364. The normalized spacial score (nSPS) is 16.4. The maximum atomic E-state index is 12.8. The van der Waals surface area contributed by atoms with Gasteiger partial charge in [0.05, 0.1) is 13.3 Å². The van der Waals surface area contributed by atoms with E-state index >= 15 is 0 Å². The summed E-state index contributed by atoms with van der Waals surface area (Å²) in [6.45, 7) is 2.29. The zero-order chi connectivity index (χ0) is 12.1. The molecule has 1 aromatic rings. The highest BCUT2D eigenvalue weighted by atomic mass is 32.2. The molecule has 17 heavy (non-hydrogen) atoms. The molecule has 0 aromatic heterocycles. The quantitative estimate of drug-likeness (QED) is 0.806. The SMILES string of the molecule is BCSC1=NCN(Cc2ccc(F)cc2)CN1. The number of benzene rings is 1. The number of aliphatic imine (C=N–C) groups is 1. The average molecular weight is 251 g/mol. The number of halogens is 1. The van der Waals surface area contributed by atoms with Crippen LogP contribution in [0.3, 0.4) is 0 Å². The van der Waals surface area contributed by atoms with Crippen molar-refractivity contribution < 1.29 is 4.39 Å². The third-order valence-corrected chi connectivity index (χ3v) is 3.30. The van der Waals surface area contributed by atoms with Gasteiger partial charge >= 0.3 is 0 Å². The summed E-state index contributed by atoms with van der Waals surface area (Å²) in [4.78, 5) is 6.61. The Morgan fingerprint density at radius 3 is 2.76 bits per heavy atom. The number of nitrogens with one attached hydrogen (secondary N) is 1. The second-order valence-corrected chi connectivity index (χ2v) is 5.08. The van der Waals surface area contributed by atoms with E-state index in [9.17, 15) is 4.39 Å². The van der Waals surface area contributed by atoms with Crippen LogP contribution in [0, 0.1) is 5.82 Å². The number of rotatable bonds is 3. The summed E-state index contributed by atoms with van der Waals surface area (Å²) < 4.78 is 12.8. The topological polar surface area (TPSA) is 27.6 Å². The van der Waals surface area contributed by atoms with Gasteiger partial charge in [0, 0.05) is 6.54 Å². The summed E-state index contributed by atoms with van der Waals surface area (Å²) in [7, 11) is 2.11. The molecule has 0 spiro atoms. The number of thioether (sulfide) groups is 1. The lowest BCUT2D eigenvalue weighted by Crippen LogP contribution is -2.41. The first-order valence-electron chi connectivity index (χ1n) is 5.66. The Kier molecular flexibility index (Phi) is 4.45. The number of hydrogen-bond acceptors (Lipinski definition) is 4. The van der Waals surface area contributed by atoms with Crippen molar-refractivity contribution in [3.05, 3.63) is 35.6 Å². The van der Waals surface area contributed by atoms with Crippen molar-refractivity contribution in [1.29, 1.82) is 0 Å². The van der Waals surface area contributed by atoms with Gasteiger partial charge in [0.25, 0.3) is 0 Å². The van der Waals surface area contributed by atoms with Gasteiger partial charge < -0.3 is 5.32 Å². The van der Waals surface area contributed by atoms with Crippen LogP contribution in [0.4, 0.5) is 4.39 Å². The zero-order valence-corrected chi connectivity index (χ0v) is 10.6. The molecule has 0 amide bonds. The molecular weight excluding hydrogens is 236 g/mol. The summed E-state index contributed by atoms with van der Waals surface area (Å²) in [5.41, 5.74) is 2.14. The van der Waals surface area contributed by atoms with Crippen LogP contribution in [-0.4, -0.2) is 36.9 Å². The molecule has 0 atom stereocenters. The standard InChI is InChI=1S/C11H15BFN3S/c12-6-17-11-14-7-16(8-15-11)5-9-1-3-10(13)4-2-9/h1-4H,5-8,12H2,(H,14,15). The molecule has 0 radical (unpaired) electrons. The highest BCUT2D eigenvalue weighted by Crippen LogP contribution is 2.09. The van der Waals surface area contributed by atoms with Gasteiger partial charge in [-0.05, 0) is 23.3 Å². The van der Waals surface area contributed by atoms with E-state index in [2.05, 4.69) is 23.1 Å². The Labute approximate surface area is 106 Å². The number of amidine groups is 1. The van der Waals surface area contributed by atoms with Gasteiger partial charge in [-0.2, -0.15) is 0 Å². The fourth-order valence-electron chi connectivity index (χ4n) is 1.64. The van der Waals surface area contributed by atoms with Gasteiger partial charge in [-0.1, -0.05) is 23.9 Å². The van der Waals surface area contributed by atoms with Crippen LogP contribution < -0.4 is 5.32 Å². The van der Waals surface area contributed by atoms with Crippen LogP contribution >= 0.6 is 11.8 Å². The van der Waals surface area contributed by atoms with Crippen LogP contribution in [0.5, 0.6) is 0 Å². The van der Waals surface area contributed by atoms with Crippen molar-refractivity contribution in [3.63, 3.8) is 0 Å². The van der Waals surface area contributed by atoms with Crippen molar-refractivity contribution in [2.45, 2.75) is 6.54 Å². The van der Waals surface area contributed by atoms with Crippen LogP contribution in [0.2, 0.25) is 0 Å². The van der Waals surface area contributed by atoms with E-state index in [1.165, 1.54) is 12.1 Å². The second kappa shape index (κ2) is 6.07. The highest BCUT2D eigenvalue weighted by molar-refractivity contribution is 8.14. The summed E-state index contributed by atoms with van der Waals surface area (Å²) in [6.07, 6.45) is 0. The van der Waals surface area contributed by atoms with E-state index in [1.807, 2.05) is 12.1 Å². The fourth-order valence-corrected chi connectivity index (χ4v) is 2.23. The first-order chi connectivity index (χ1) is 8.28. The summed E-state index contributed by atoms with van der Waals surface area (Å²) >= 11 is 1.73. The van der Waals surface area contributed by atoms with Gasteiger partial charge in [0.15, 0.2) is 5.17 Å². The maximum absolute atomic E-state index is 12.8. The van der Waals surface area contributed by atoms with Gasteiger partial charge in [-0.3, -0.25) is 4.90 Å². The van der Waals surface area contributed by atoms with E-state index in [0.717, 1.165) is 29.6 Å². The Morgan fingerprint density at radius 2 is 2.18 bits per heavy atom. The largest absolute Gasteiger partial charge is 0.352 e. The lowest BCUT2D eigenvalue weighted by molar-refractivity contribution is 0.258. The predicted molar refractivity (Wildman–Crippen MR) is 73.2 cm³/mol. The molecule has 1 N–H and O–H groups in total. The lowest BCUT2D eigenvalue weighted by atomic mass is 10.2. The summed E-state index contributed by atoms with van der Waals surface area (Å²) in [5.74, 6) is -0.190. The predicted octanol–water partition coefficient (Wildman–Crippen LogP) is 0.826. The molecule has 1 aliphatic rings.